The first kappa shape index (κ1) is 91.3. The van der Waals surface area contributed by atoms with Crippen LogP contribution in [-0.4, -0.2) is 39.2 Å². The molecule has 0 radical (unpaired) electrons. The second-order valence-corrected chi connectivity index (χ2v) is 32.5. The number of H-pyrrole nitrogens is 2. The first-order valence-corrected chi connectivity index (χ1v) is 42.8. The van der Waals surface area contributed by atoms with Gasteiger partial charge in [0.15, 0.2) is 5.78 Å². The maximum atomic E-state index is 11.3. The number of aromatic amines is 2. The lowest BCUT2D eigenvalue weighted by atomic mass is 9.89. The van der Waals surface area contributed by atoms with Crippen LogP contribution in [0.4, 0.5) is 21.5 Å². The van der Waals surface area contributed by atoms with Gasteiger partial charge in [-0.3, -0.25) is 15.0 Å². The highest BCUT2D eigenvalue weighted by Gasteiger charge is 2.21. The maximum absolute atomic E-state index is 11.3. The first-order valence-electron chi connectivity index (χ1n) is 40.2. The van der Waals surface area contributed by atoms with Gasteiger partial charge >= 0.3 is 0 Å². The first-order chi connectivity index (χ1) is 58.8. The third kappa shape index (κ3) is 24.0. The molecule has 3 aromatic heterocycles. The molecule has 2 aliphatic rings. The summed E-state index contributed by atoms with van der Waals surface area (Å²) in [6.45, 7) is 1.93. The number of aliphatic hydroxyl groups is 1. The Bertz CT molecular complexity index is 6440. The minimum absolute atomic E-state index is 0. The lowest BCUT2D eigenvalue weighted by Crippen LogP contribution is -2.09. The number of Topliss-reactive ketones (excluding diaryl/α,β-unsaturated/α-hetero) is 1. The van der Waals surface area contributed by atoms with Crippen molar-refractivity contribution < 1.29 is 18.6 Å². The molecule has 0 fully saturated rings. The van der Waals surface area contributed by atoms with Gasteiger partial charge in [-0.1, -0.05) is 321 Å². The van der Waals surface area contributed by atoms with Gasteiger partial charge in [-0.2, -0.15) is 0 Å². The van der Waals surface area contributed by atoms with E-state index >= 15 is 0 Å². The summed E-state index contributed by atoms with van der Waals surface area (Å²) < 4.78 is 33.6. The topological polar surface area (TPSA) is 124 Å². The number of hydrogen-bond acceptors (Lipinski definition) is 5. The quantitative estimate of drug-likeness (QED) is 0.0562. The molecule has 16 aromatic carbocycles. The van der Waals surface area contributed by atoms with E-state index in [0.29, 0.717) is 5.78 Å². The van der Waals surface area contributed by atoms with E-state index in [-0.39, 0.29) is 46.3 Å². The lowest BCUT2D eigenvalue weighted by molar-refractivity contribution is 0.0972. The molecule has 0 aliphatic heterocycles. The number of alkyl halides is 1. The number of nitrogens with two attached hydrogens (primary N) is 1. The molecule has 2 aliphatic carbocycles. The monoisotopic (exact) mass is 2010 g/mol. The Morgan fingerprint density at radius 2 is 0.876 bits per heavy atom. The summed E-state index contributed by atoms with van der Waals surface area (Å²) in [6, 6.07) is 128. The van der Waals surface area contributed by atoms with Crippen molar-refractivity contribution in [1.29, 1.82) is 0 Å². The second-order valence-electron chi connectivity index (χ2n) is 27.6. The van der Waals surface area contributed by atoms with Gasteiger partial charge in [0, 0.05) is 126 Å². The summed E-state index contributed by atoms with van der Waals surface area (Å²) in [5.74, 6) is 5.45. The van der Waals surface area contributed by atoms with Gasteiger partial charge in [0.2, 0.25) is 0 Å². The van der Waals surface area contributed by atoms with Gasteiger partial charge in [0.25, 0.3) is 0 Å². The van der Waals surface area contributed by atoms with Gasteiger partial charge < -0.3 is 30.4 Å². The molecule has 0 saturated carbocycles. The molecular formula is C105H98Br4Cl2FIN6O2. The average Bonchev–Trinajstić information content (AvgIpc) is 1.58. The fourth-order valence-electron chi connectivity index (χ4n) is 14.6. The summed E-state index contributed by atoms with van der Waals surface area (Å²) in [5.41, 5.74) is 25.7. The molecule has 121 heavy (non-hydrogen) atoms. The predicted molar refractivity (Wildman–Crippen MR) is 548 cm³/mol. The summed E-state index contributed by atoms with van der Waals surface area (Å²) in [4.78, 5) is 18.4. The minimum atomic E-state index is -1.00. The van der Waals surface area contributed by atoms with Crippen molar-refractivity contribution >= 4 is 210 Å². The summed E-state index contributed by atoms with van der Waals surface area (Å²) in [7, 11) is -1.00. The highest BCUT2D eigenvalue weighted by molar-refractivity contribution is 14.1. The SMILES string of the molecule is Brc1ccc2[nH]c3c(c2c1)CCc1ccccc1-3.Brc1ccc2[nH]c3c4ccccc4ccc3c2c1.Brc1ccc2c(c1)c1ccc3ccccc3c1n2-c1ccccc1.C.C.CCO.Cl.Cl.Ic1ccccc1.NNc1ccc(Br)cc1.O=C1CCCc2ccccc21.[2H]CF.[2H][2H].c1ccc(-c2ccc(Nc3ccc(-c4ccccc4)cc3)cc2)cc1. The van der Waals surface area contributed by atoms with Crippen LogP contribution in [0.3, 0.4) is 0 Å². The number of nitrogens with zero attached hydrogens (tertiary/aromatic N) is 1. The molecule has 0 unspecified atom stereocenters. The van der Waals surface area contributed by atoms with Crippen LogP contribution in [0, 0.1) is 3.57 Å². The standard InChI is InChI=1S/C24H19N.C22H14BrN.C16H12BrN.C16H10BrN.C10H10O.C6H7BrN2.C6H5I.C2H6O.CH3F.2CH4.2ClH.H2/c1-3-7-19(8-4-1)21-11-15-23(16-12-21)25-24-17-13-22(14-18-24)20-9-5-2-6-10-20;23-16-11-13-21-20(14-16)19-12-10-15-6-4-5-9-18(15)22(19)24(21)17-7-2-1-3-8-17;2*17-11-6-8-15-14(9-11)13-7-5-10-3-1-2-4-12(10)16(13)18-15;11-10-7-3-5-8-4-1-2-6-9(8)10;7-5-1-3-6(9-8)4-2-5;7-6-4-2-1-3-5-6;1-2-3;1-2;;;;;/h1-18,25H;1-14H;1-4,6,8-9,18H,5,7H2;1-9,18H;1-2,4,6H,3,5,7H2;1-4,9H,8H2;1-5H;3H,2H2,1H3;1H3;2*1H4;3*1H/i;;;;;;;;1D;;;;;1+1D. The molecule has 0 saturated heterocycles. The van der Waals surface area contributed by atoms with Crippen molar-refractivity contribution in [2.45, 2.75) is 53.9 Å². The van der Waals surface area contributed by atoms with Gasteiger partial charge in [-0.05, 0) is 232 Å². The highest BCUT2D eigenvalue weighted by Crippen LogP contribution is 2.41. The lowest BCUT2D eigenvalue weighted by Gasteiger charge is -2.16. The Morgan fingerprint density at radius 1 is 0.446 bits per heavy atom. The van der Waals surface area contributed by atoms with Gasteiger partial charge in [0.05, 0.1) is 25.1 Å². The average molecular weight is 2020 g/mol. The smallest absolute Gasteiger partial charge is 0.163 e. The second kappa shape index (κ2) is 47.1. The Kier molecular flexibility index (Phi) is 35.5. The number of hydrazine groups is 1. The fourth-order valence-corrected chi connectivity index (χ4v) is 16.4. The van der Waals surface area contributed by atoms with Crippen LogP contribution >= 0.6 is 111 Å². The highest BCUT2D eigenvalue weighted by atomic mass is 127. The molecule has 0 spiro atoms. The Balaban J connectivity index is 0.000000181. The van der Waals surface area contributed by atoms with Crippen LogP contribution in [0.25, 0.3) is 115 Å². The number of halogens is 8. The zero-order valence-corrected chi connectivity index (χ0v) is 75.3. The number of ketones is 1. The van der Waals surface area contributed by atoms with Crippen molar-refractivity contribution in [3.8, 4) is 39.2 Å². The largest absolute Gasteiger partial charge is 0.397 e. The van der Waals surface area contributed by atoms with Crippen LogP contribution in [0.15, 0.2) is 388 Å². The van der Waals surface area contributed by atoms with Gasteiger partial charge in [0.1, 0.15) is 0 Å². The molecule has 0 amide bonds. The Labute approximate surface area is 773 Å². The molecule has 16 heteroatoms. The molecule has 19 aromatic rings. The molecule has 7 N–H and O–H groups in total. The number of aliphatic hydroxyl groups excluding tert-OH is 1. The number of nitrogens with one attached hydrogen (secondary N) is 4. The molecule has 0 atom stereocenters. The number of hydrogen-bond donors (Lipinski definition) is 6. The van der Waals surface area contributed by atoms with Crippen molar-refractivity contribution in [3.05, 3.63) is 414 Å². The number of rotatable bonds is 6. The Hall–Kier alpha value is -10.5. The number of aromatic nitrogens is 3. The molecule has 8 nitrogen and oxygen atoms in total. The molecule has 0 bridgehead atoms. The van der Waals surface area contributed by atoms with Crippen LogP contribution in [-0.2, 0) is 19.3 Å². The Morgan fingerprint density at radius 3 is 1.42 bits per heavy atom. The number of aryl methyl sites for hydroxylation is 3. The van der Waals surface area contributed by atoms with E-state index in [1.807, 2.05) is 78.9 Å². The third-order valence-corrected chi connectivity index (χ3v) is 22.8. The minimum Gasteiger partial charge on any atom is -0.397 e. The molecule has 3 heterocycles. The summed E-state index contributed by atoms with van der Waals surface area (Å²) >= 11 is 16.3. The summed E-state index contributed by atoms with van der Waals surface area (Å²) in [5, 5.41) is 22.6. The number of fused-ring (bicyclic) bond motifs is 16. The molecule has 616 valence electrons. The summed E-state index contributed by atoms with van der Waals surface area (Å²) in [6.07, 6.45) is 5.10. The van der Waals surface area contributed by atoms with E-state index in [1.54, 1.807) is 6.92 Å². The number of anilines is 3. The van der Waals surface area contributed by atoms with E-state index in [2.05, 4.69) is 403 Å². The zero-order chi connectivity index (χ0) is 84.1. The number of carbonyl (C=O) groups is 1. The van der Waals surface area contributed by atoms with E-state index in [0.717, 1.165) is 72.6 Å². The predicted octanol–water partition coefficient (Wildman–Crippen LogP) is 32.6. The van der Waals surface area contributed by atoms with Crippen molar-refractivity contribution in [1.82, 2.24) is 14.5 Å². The van der Waals surface area contributed by atoms with E-state index in [1.165, 1.54) is 136 Å². The molecule has 21 rings (SSSR count). The van der Waals surface area contributed by atoms with Crippen molar-refractivity contribution in [2.24, 2.45) is 5.84 Å². The van der Waals surface area contributed by atoms with Crippen molar-refractivity contribution in [2.75, 3.05) is 24.5 Å². The normalized spacial score (nSPS) is 11.2. The van der Waals surface area contributed by atoms with E-state index < -0.39 is 7.15 Å². The van der Waals surface area contributed by atoms with E-state index in [4.69, 9.17) is 15.3 Å². The van der Waals surface area contributed by atoms with Crippen LogP contribution in [0.1, 0.15) is 66.0 Å². The number of nitrogen functional groups attached to an aromatic ring is 1. The van der Waals surface area contributed by atoms with Crippen LogP contribution < -0.4 is 16.6 Å². The maximum Gasteiger partial charge on any atom is 0.163 e. The van der Waals surface area contributed by atoms with Crippen molar-refractivity contribution in [3.63, 3.8) is 0 Å². The fraction of sp³-hybridized carbons (Fsp3) is 0.0952. The van der Waals surface area contributed by atoms with Crippen LogP contribution in [0.5, 0.6) is 0 Å². The zero-order valence-electron chi connectivity index (χ0n) is 68.1. The van der Waals surface area contributed by atoms with Crippen LogP contribution in [0.2, 0.25) is 0 Å². The third-order valence-electron chi connectivity index (χ3n) is 20.1. The number of carbonyl (C=O) groups excluding carboxylic acids is 1. The van der Waals surface area contributed by atoms with E-state index in [9.17, 15) is 9.18 Å². The molecular weight excluding hydrogens is 1910 g/mol. The number of para-hydroxylation sites is 1. The number of benzene rings is 16. The van der Waals surface area contributed by atoms with Gasteiger partial charge in [-0.25, -0.2) is 0 Å². The van der Waals surface area contributed by atoms with Gasteiger partial charge in [-0.15, -0.1) is 24.8 Å².